The van der Waals surface area contributed by atoms with Crippen molar-refractivity contribution in [1.29, 1.82) is 0 Å². The van der Waals surface area contributed by atoms with E-state index in [1.807, 2.05) is 24.3 Å². The van der Waals surface area contributed by atoms with Gasteiger partial charge in [0.15, 0.2) is 0 Å². The van der Waals surface area contributed by atoms with Crippen LogP contribution in [0.1, 0.15) is 56.0 Å². The third-order valence-corrected chi connectivity index (χ3v) is 4.97. The molecule has 2 bridgehead atoms. The van der Waals surface area contributed by atoms with E-state index >= 15 is 0 Å². The molecule has 0 N–H and O–H groups in total. The number of rotatable bonds is 1. The maximum absolute atomic E-state index is 12.8. The molecule has 108 valence electrons. The van der Waals surface area contributed by atoms with Crippen LogP contribution in [0.15, 0.2) is 24.3 Å². The summed E-state index contributed by atoms with van der Waals surface area (Å²) in [4.78, 5) is 14.9. The molecule has 2 nitrogen and oxygen atoms in total. The Balaban J connectivity index is 1.85. The van der Waals surface area contributed by atoms with Crippen molar-refractivity contribution in [3.8, 4) is 0 Å². The summed E-state index contributed by atoms with van der Waals surface area (Å²) < 4.78 is 0. The molecule has 1 aliphatic heterocycles. The highest BCUT2D eigenvalue weighted by atomic mass is 16.2. The molecule has 1 saturated heterocycles. The Labute approximate surface area is 122 Å². The number of likely N-dealkylation sites (tertiary alicyclic amines) is 1. The number of benzene rings is 1. The first kappa shape index (κ1) is 13.7. The van der Waals surface area contributed by atoms with Gasteiger partial charge in [0.25, 0.3) is 5.91 Å². The van der Waals surface area contributed by atoms with Crippen molar-refractivity contribution in [2.75, 3.05) is 6.54 Å². The zero-order chi connectivity index (χ0) is 14.5. The number of carbonyl (C=O) groups is 1. The first-order chi connectivity index (χ1) is 9.28. The first-order valence-corrected chi connectivity index (χ1v) is 7.66. The third-order valence-electron chi connectivity index (χ3n) is 4.97. The maximum Gasteiger partial charge on any atom is 0.254 e. The minimum atomic E-state index is 0.219. The fourth-order valence-corrected chi connectivity index (χ4v) is 4.56. The summed E-state index contributed by atoms with van der Waals surface area (Å²) in [5, 5.41) is 0. The molecule has 20 heavy (non-hydrogen) atoms. The number of fused-ring (bicyclic) bond motifs is 2. The van der Waals surface area contributed by atoms with Gasteiger partial charge in [0, 0.05) is 18.2 Å². The van der Waals surface area contributed by atoms with Gasteiger partial charge >= 0.3 is 0 Å². The largest absolute Gasteiger partial charge is 0.335 e. The van der Waals surface area contributed by atoms with Crippen LogP contribution in [-0.2, 0) is 0 Å². The summed E-state index contributed by atoms with van der Waals surface area (Å²) in [6, 6.07) is 8.42. The summed E-state index contributed by atoms with van der Waals surface area (Å²) >= 11 is 0. The van der Waals surface area contributed by atoms with Gasteiger partial charge in [0.05, 0.1) is 0 Å². The van der Waals surface area contributed by atoms with Gasteiger partial charge < -0.3 is 4.90 Å². The van der Waals surface area contributed by atoms with Gasteiger partial charge in [-0.25, -0.2) is 0 Å². The molecule has 0 radical (unpaired) electrons. The topological polar surface area (TPSA) is 20.3 Å². The minimum absolute atomic E-state index is 0.219. The van der Waals surface area contributed by atoms with Gasteiger partial charge in [-0.2, -0.15) is 0 Å². The zero-order valence-corrected chi connectivity index (χ0v) is 13.1. The van der Waals surface area contributed by atoms with Crippen LogP contribution in [0.4, 0.5) is 0 Å². The number of amides is 1. The van der Waals surface area contributed by atoms with E-state index in [0.717, 1.165) is 18.5 Å². The molecule has 2 unspecified atom stereocenters. The van der Waals surface area contributed by atoms with Crippen LogP contribution < -0.4 is 0 Å². The highest BCUT2D eigenvalue weighted by molar-refractivity contribution is 5.94. The van der Waals surface area contributed by atoms with Crippen LogP contribution >= 0.6 is 0 Å². The Hall–Kier alpha value is -1.31. The average molecular weight is 271 g/mol. The molecule has 2 atom stereocenters. The van der Waals surface area contributed by atoms with Crippen LogP contribution in [0, 0.1) is 17.8 Å². The number of hydrogen-bond donors (Lipinski definition) is 0. The molecule has 2 aliphatic rings. The monoisotopic (exact) mass is 271 g/mol. The molecule has 2 heteroatoms. The fourth-order valence-electron chi connectivity index (χ4n) is 4.56. The molecule has 1 heterocycles. The highest BCUT2D eigenvalue weighted by Gasteiger charge is 2.50. The molecular formula is C18H25NO. The van der Waals surface area contributed by atoms with E-state index in [2.05, 4.69) is 32.6 Å². The predicted octanol–water partition coefficient (Wildman–Crippen LogP) is 4.04. The van der Waals surface area contributed by atoms with Crippen molar-refractivity contribution in [1.82, 2.24) is 4.90 Å². The summed E-state index contributed by atoms with van der Waals surface area (Å²) in [7, 11) is 0. The van der Waals surface area contributed by atoms with Gasteiger partial charge in [-0.1, -0.05) is 38.5 Å². The Morgan fingerprint density at radius 2 is 1.80 bits per heavy atom. The lowest BCUT2D eigenvalue weighted by molar-refractivity contribution is 0.0708. The van der Waals surface area contributed by atoms with E-state index < -0.39 is 0 Å². The second kappa shape index (κ2) is 4.34. The lowest BCUT2D eigenvalue weighted by atomic mass is 9.65. The molecule has 1 aromatic rings. The molecule has 0 aromatic heterocycles. The lowest BCUT2D eigenvalue weighted by Crippen LogP contribution is -2.37. The Bertz CT molecular complexity index is 531. The molecule has 2 fully saturated rings. The van der Waals surface area contributed by atoms with Crippen LogP contribution in [0.25, 0.3) is 0 Å². The first-order valence-electron chi connectivity index (χ1n) is 7.66. The van der Waals surface area contributed by atoms with Crippen LogP contribution in [0.5, 0.6) is 0 Å². The normalized spacial score (nSPS) is 31.4. The van der Waals surface area contributed by atoms with Crippen LogP contribution in [0.2, 0.25) is 0 Å². The molecule has 1 aliphatic carbocycles. The van der Waals surface area contributed by atoms with Gasteiger partial charge in [-0.15, -0.1) is 0 Å². The summed E-state index contributed by atoms with van der Waals surface area (Å²) in [5.74, 6) is 0.219. The van der Waals surface area contributed by atoms with E-state index in [4.69, 9.17) is 0 Å². The number of nitrogens with zero attached hydrogens (tertiary/aromatic N) is 1. The Morgan fingerprint density at radius 3 is 2.45 bits per heavy atom. The van der Waals surface area contributed by atoms with E-state index in [1.54, 1.807) is 0 Å². The van der Waals surface area contributed by atoms with Gasteiger partial charge in [0.2, 0.25) is 0 Å². The molecule has 1 aromatic carbocycles. The quantitative estimate of drug-likeness (QED) is 0.755. The van der Waals surface area contributed by atoms with Crippen LogP contribution in [0.3, 0.4) is 0 Å². The van der Waals surface area contributed by atoms with Crippen LogP contribution in [-0.4, -0.2) is 23.4 Å². The lowest BCUT2D eigenvalue weighted by Gasteiger charge is -2.39. The highest BCUT2D eigenvalue weighted by Crippen LogP contribution is 2.52. The van der Waals surface area contributed by atoms with E-state index in [1.165, 1.54) is 18.4 Å². The maximum atomic E-state index is 12.8. The molecule has 3 rings (SSSR count). The third kappa shape index (κ3) is 2.36. The molecule has 0 spiro atoms. The average Bonchev–Trinajstić information content (AvgIpc) is 2.58. The summed E-state index contributed by atoms with van der Waals surface area (Å²) in [5.41, 5.74) is 2.71. The standard InChI is InChI=1S/C18H25NO/c1-13-5-7-14(8-6-13)16(20)19-12-18(4)10-15(19)9-17(2,3)11-18/h5-8,15H,9-12H2,1-4H3. The molecular weight excluding hydrogens is 246 g/mol. The fraction of sp³-hybridized carbons (Fsp3) is 0.611. The van der Waals surface area contributed by atoms with Gasteiger partial charge in [0.1, 0.15) is 0 Å². The predicted molar refractivity (Wildman–Crippen MR) is 81.7 cm³/mol. The molecule has 1 amide bonds. The van der Waals surface area contributed by atoms with Gasteiger partial charge in [-0.05, 0) is 49.1 Å². The van der Waals surface area contributed by atoms with E-state index in [9.17, 15) is 4.79 Å². The van der Waals surface area contributed by atoms with E-state index in [-0.39, 0.29) is 5.91 Å². The number of aryl methyl sites for hydroxylation is 1. The molecule has 1 saturated carbocycles. The zero-order valence-electron chi connectivity index (χ0n) is 13.1. The Kier molecular flexibility index (Phi) is 2.97. The SMILES string of the molecule is Cc1ccc(C(=O)N2CC3(C)CC2CC(C)(C)C3)cc1. The van der Waals surface area contributed by atoms with Gasteiger partial charge in [-0.3, -0.25) is 4.79 Å². The van der Waals surface area contributed by atoms with Crippen molar-refractivity contribution >= 4 is 5.91 Å². The smallest absolute Gasteiger partial charge is 0.254 e. The second-order valence-corrected chi connectivity index (χ2v) is 8.01. The van der Waals surface area contributed by atoms with Crippen molar-refractivity contribution in [2.24, 2.45) is 10.8 Å². The van der Waals surface area contributed by atoms with Crippen molar-refractivity contribution in [3.05, 3.63) is 35.4 Å². The van der Waals surface area contributed by atoms with Crippen molar-refractivity contribution < 1.29 is 4.79 Å². The van der Waals surface area contributed by atoms with Crippen molar-refractivity contribution in [3.63, 3.8) is 0 Å². The second-order valence-electron chi connectivity index (χ2n) is 8.01. The summed E-state index contributed by atoms with van der Waals surface area (Å²) in [6.45, 7) is 10.0. The minimum Gasteiger partial charge on any atom is -0.335 e. The number of carbonyl (C=O) groups excluding carboxylic acids is 1. The summed E-state index contributed by atoms with van der Waals surface area (Å²) in [6.07, 6.45) is 3.54. The van der Waals surface area contributed by atoms with Crippen molar-refractivity contribution in [2.45, 2.75) is 53.0 Å². The number of hydrogen-bond acceptors (Lipinski definition) is 1. The Morgan fingerprint density at radius 1 is 1.15 bits per heavy atom. The van der Waals surface area contributed by atoms with E-state index in [0.29, 0.717) is 16.9 Å².